The first-order valence-corrected chi connectivity index (χ1v) is 6.72. The highest BCUT2D eigenvalue weighted by molar-refractivity contribution is 5.93. The summed E-state index contributed by atoms with van der Waals surface area (Å²) in [6, 6.07) is 7.10. The second-order valence-corrected chi connectivity index (χ2v) is 5.60. The lowest BCUT2D eigenvalue weighted by Crippen LogP contribution is -2.48. The van der Waals surface area contributed by atoms with E-state index in [1.165, 1.54) is 0 Å². The van der Waals surface area contributed by atoms with Crippen LogP contribution in [0.4, 0.5) is 0 Å². The molecule has 1 aliphatic rings. The van der Waals surface area contributed by atoms with Gasteiger partial charge in [0.1, 0.15) is 0 Å². The summed E-state index contributed by atoms with van der Waals surface area (Å²) < 4.78 is 0. The molecule has 1 aromatic rings. The summed E-state index contributed by atoms with van der Waals surface area (Å²) in [7, 11) is 1.59. The van der Waals surface area contributed by atoms with Crippen molar-refractivity contribution in [3.05, 3.63) is 35.4 Å². The third-order valence-corrected chi connectivity index (χ3v) is 3.65. The van der Waals surface area contributed by atoms with Crippen molar-refractivity contribution in [1.29, 1.82) is 0 Å². The van der Waals surface area contributed by atoms with E-state index in [0.717, 1.165) is 5.56 Å². The number of carbonyl (C=O) groups excluding carboxylic acids is 2. The van der Waals surface area contributed by atoms with E-state index in [1.54, 1.807) is 26.1 Å². The molecule has 0 atom stereocenters. The summed E-state index contributed by atoms with van der Waals surface area (Å²) in [4.78, 5) is 23.2. The largest absolute Gasteiger partial charge is 0.390 e. The minimum Gasteiger partial charge on any atom is -0.390 e. The molecule has 0 saturated heterocycles. The Morgan fingerprint density at radius 2 is 1.90 bits per heavy atom. The summed E-state index contributed by atoms with van der Waals surface area (Å²) in [6.07, 6.45) is 1.04. The van der Waals surface area contributed by atoms with Crippen LogP contribution in [0.1, 0.15) is 35.7 Å². The maximum atomic E-state index is 11.8. The lowest BCUT2D eigenvalue weighted by atomic mass is 9.72. The van der Waals surface area contributed by atoms with E-state index >= 15 is 0 Å². The van der Waals surface area contributed by atoms with E-state index in [0.29, 0.717) is 24.9 Å². The number of benzene rings is 1. The van der Waals surface area contributed by atoms with Crippen LogP contribution in [0.25, 0.3) is 0 Å². The molecule has 5 nitrogen and oxygen atoms in total. The van der Waals surface area contributed by atoms with Gasteiger partial charge < -0.3 is 15.7 Å². The summed E-state index contributed by atoms with van der Waals surface area (Å²) >= 11 is 0. The van der Waals surface area contributed by atoms with Gasteiger partial charge >= 0.3 is 0 Å². The number of hydrogen-bond acceptors (Lipinski definition) is 3. The quantitative estimate of drug-likeness (QED) is 0.762. The molecule has 2 amide bonds. The Morgan fingerprint density at radius 3 is 2.40 bits per heavy atom. The average molecular weight is 276 g/mol. The van der Waals surface area contributed by atoms with Crippen molar-refractivity contribution in [2.45, 2.75) is 31.9 Å². The van der Waals surface area contributed by atoms with Crippen molar-refractivity contribution in [3.63, 3.8) is 0 Å². The number of aliphatic hydroxyl groups is 1. The van der Waals surface area contributed by atoms with Crippen LogP contribution in [0.15, 0.2) is 24.3 Å². The Morgan fingerprint density at radius 1 is 1.30 bits per heavy atom. The Balaban J connectivity index is 1.82. The van der Waals surface area contributed by atoms with Gasteiger partial charge in [0.05, 0.1) is 5.60 Å². The maximum Gasteiger partial charge on any atom is 0.251 e. The van der Waals surface area contributed by atoms with Gasteiger partial charge in [-0.25, -0.2) is 0 Å². The van der Waals surface area contributed by atoms with E-state index in [2.05, 4.69) is 10.6 Å². The van der Waals surface area contributed by atoms with Gasteiger partial charge in [-0.1, -0.05) is 12.1 Å². The highest BCUT2D eigenvalue weighted by atomic mass is 16.3. The van der Waals surface area contributed by atoms with E-state index in [9.17, 15) is 14.7 Å². The predicted molar refractivity (Wildman–Crippen MR) is 75.0 cm³/mol. The minimum absolute atomic E-state index is 0.0214. The molecule has 2 rings (SSSR count). The van der Waals surface area contributed by atoms with Crippen molar-refractivity contribution < 1.29 is 14.7 Å². The van der Waals surface area contributed by atoms with Crippen LogP contribution in [-0.4, -0.2) is 29.6 Å². The van der Waals surface area contributed by atoms with Crippen molar-refractivity contribution in [1.82, 2.24) is 10.6 Å². The SMILES string of the molecule is CNC(=O)c1ccc(CNC(=O)C2CC(C)(O)C2)cc1. The molecule has 5 heteroatoms. The van der Waals surface area contributed by atoms with Gasteiger partial charge in [0, 0.05) is 25.1 Å². The van der Waals surface area contributed by atoms with Crippen LogP contribution in [-0.2, 0) is 11.3 Å². The van der Waals surface area contributed by atoms with Crippen LogP contribution in [0.3, 0.4) is 0 Å². The molecular weight excluding hydrogens is 256 g/mol. The monoisotopic (exact) mass is 276 g/mol. The minimum atomic E-state index is -0.683. The Kier molecular flexibility index (Phi) is 4.09. The second-order valence-electron chi connectivity index (χ2n) is 5.60. The molecule has 0 unspecified atom stereocenters. The zero-order chi connectivity index (χ0) is 14.8. The van der Waals surface area contributed by atoms with Gasteiger partial charge in [-0.05, 0) is 37.5 Å². The number of amides is 2. The van der Waals surface area contributed by atoms with Crippen LogP contribution in [0.2, 0.25) is 0 Å². The normalized spacial score (nSPS) is 24.6. The average Bonchev–Trinajstić information content (AvgIpc) is 2.41. The first-order valence-electron chi connectivity index (χ1n) is 6.72. The lowest BCUT2D eigenvalue weighted by Gasteiger charge is -2.39. The smallest absolute Gasteiger partial charge is 0.251 e. The van der Waals surface area contributed by atoms with Gasteiger partial charge in [-0.3, -0.25) is 9.59 Å². The van der Waals surface area contributed by atoms with E-state index < -0.39 is 5.60 Å². The molecule has 1 saturated carbocycles. The van der Waals surface area contributed by atoms with E-state index in [1.807, 2.05) is 12.1 Å². The topological polar surface area (TPSA) is 78.4 Å². The van der Waals surface area contributed by atoms with Crippen molar-refractivity contribution in [2.24, 2.45) is 5.92 Å². The molecule has 108 valence electrons. The standard InChI is InChI=1S/C15H20N2O3/c1-15(20)7-12(8-15)14(19)17-9-10-3-5-11(6-4-10)13(18)16-2/h3-6,12,20H,7-9H2,1-2H3,(H,16,18)(H,17,19). The summed E-state index contributed by atoms with van der Waals surface area (Å²) in [5.74, 6) is -0.237. The fraction of sp³-hybridized carbons (Fsp3) is 0.467. The third kappa shape index (κ3) is 3.36. The number of carbonyl (C=O) groups is 2. The Labute approximate surface area is 118 Å². The number of nitrogens with one attached hydrogen (secondary N) is 2. The third-order valence-electron chi connectivity index (χ3n) is 3.65. The van der Waals surface area contributed by atoms with Crippen molar-refractivity contribution >= 4 is 11.8 Å². The van der Waals surface area contributed by atoms with Gasteiger partial charge in [-0.15, -0.1) is 0 Å². The molecule has 1 fully saturated rings. The molecule has 3 N–H and O–H groups in total. The zero-order valence-corrected chi connectivity index (χ0v) is 11.8. The molecule has 0 heterocycles. The molecule has 0 spiro atoms. The molecule has 0 bridgehead atoms. The van der Waals surface area contributed by atoms with Gasteiger partial charge in [0.2, 0.25) is 5.91 Å². The van der Waals surface area contributed by atoms with Gasteiger partial charge in [0.25, 0.3) is 5.91 Å². The van der Waals surface area contributed by atoms with Crippen LogP contribution in [0, 0.1) is 5.92 Å². The molecular formula is C15H20N2O3. The van der Waals surface area contributed by atoms with Gasteiger partial charge in [0.15, 0.2) is 0 Å². The number of hydrogen-bond donors (Lipinski definition) is 3. The van der Waals surface area contributed by atoms with E-state index in [4.69, 9.17) is 0 Å². The zero-order valence-electron chi connectivity index (χ0n) is 11.8. The molecule has 1 aromatic carbocycles. The molecule has 20 heavy (non-hydrogen) atoms. The summed E-state index contributed by atoms with van der Waals surface area (Å²) in [6.45, 7) is 2.18. The highest BCUT2D eigenvalue weighted by Gasteiger charge is 2.42. The van der Waals surface area contributed by atoms with Crippen molar-refractivity contribution in [2.75, 3.05) is 7.05 Å². The fourth-order valence-corrected chi connectivity index (χ4v) is 2.44. The lowest BCUT2D eigenvalue weighted by molar-refractivity contribution is -0.139. The van der Waals surface area contributed by atoms with Gasteiger partial charge in [-0.2, -0.15) is 0 Å². The van der Waals surface area contributed by atoms with Crippen molar-refractivity contribution in [3.8, 4) is 0 Å². The van der Waals surface area contributed by atoms with Crippen LogP contribution < -0.4 is 10.6 Å². The van der Waals surface area contributed by atoms with Crippen LogP contribution >= 0.6 is 0 Å². The summed E-state index contributed by atoms with van der Waals surface area (Å²) in [5, 5.41) is 15.0. The maximum absolute atomic E-state index is 11.8. The first kappa shape index (κ1) is 14.5. The summed E-state index contributed by atoms with van der Waals surface area (Å²) in [5.41, 5.74) is 0.853. The second kappa shape index (κ2) is 5.63. The molecule has 0 radical (unpaired) electrons. The number of rotatable bonds is 4. The predicted octanol–water partition coefficient (Wildman–Crippen LogP) is 0.823. The van der Waals surface area contributed by atoms with Crippen LogP contribution in [0.5, 0.6) is 0 Å². The molecule has 1 aliphatic carbocycles. The molecule has 0 aliphatic heterocycles. The fourth-order valence-electron chi connectivity index (χ4n) is 2.44. The first-order chi connectivity index (χ1) is 9.41. The van der Waals surface area contributed by atoms with E-state index in [-0.39, 0.29) is 17.7 Å². The highest BCUT2D eigenvalue weighted by Crippen LogP contribution is 2.37. The molecule has 0 aromatic heterocycles. The Bertz CT molecular complexity index is 500. The Hall–Kier alpha value is -1.88.